The summed E-state index contributed by atoms with van der Waals surface area (Å²) in [6.07, 6.45) is 0. The summed E-state index contributed by atoms with van der Waals surface area (Å²) in [5.41, 5.74) is 1.73. The lowest BCUT2D eigenvalue weighted by molar-refractivity contribution is 0.0911. The van der Waals surface area contributed by atoms with Crippen LogP contribution in [-0.4, -0.2) is 32.0 Å². The highest BCUT2D eigenvalue weighted by molar-refractivity contribution is 6.42. The van der Waals surface area contributed by atoms with Crippen LogP contribution in [0.15, 0.2) is 40.8 Å². The van der Waals surface area contributed by atoms with Crippen LogP contribution in [0, 0.1) is 6.92 Å². The summed E-state index contributed by atoms with van der Waals surface area (Å²) in [5.74, 6) is 0.267. The summed E-state index contributed by atoms with van der Waals surface area (Å²) < 4.78 is 10.9. The molecule has 6 nitrogen and oxygen atoms in total. The second-order valence-electron chi connectivity index (χ2n) is 6.06. The van der Waals surface area contributed by atoms with Gasteiger partial charge in [0.05, 0.1) is 17.2 Å². The first-order chi connectivity index (χ1) is 13.4. The molecule has 3 rings (SSSR count). The zero-order valence-corrected chi connectivity index (χ0v) is 16.8. The number of benzene rings is 2. The van der Waals surface area contributed by atoms with Crippen LogP contribution in [0.25, 0.3) is 11.0 Å². The molecule has 2 aromatic carbocycles. The smallest absolute Gasteiger partial charge is 0.287 e. The van der Waals surface area contributed by atoms with Gasteiger partial charge in [-0.15, -0.1) is 0 Å². The van der Waals surface area contributed by atoms with Gasteiger partial charge in [-0.2, -0.15) is 0 Å². The van der Waals surface area contributed by atoms with Crippen LogP contribution in [0.1, 0.15) is 26.5 Å². The number of carbonyl (C=O) groups is 2. The molecule has 0 saturated heterocycles. The van der Waals surface area contributed by atoms with Gasteiger partial charge < -0.3 is 19.8 Å². The van der Waals surface area contributed by atoms with Gasteiger partial charge in [0.15, 0.2) is 5.76 Å². The van der Waals surface area contributed by atoms with E-state index in [2.05, 4.69) is 10.6 Å². The van der Waals surface area contributed by atoms with E-state index in [-0.39, 0.29) is 30.7 Å². The first-order valence-corrected chi connectivity index (χ1v) is 9.25. The molecule has 1 heterocycles. The number of nitrogens with one attached hydrogen (secondary N) is 2. The molecule has 2 N–H and O–H groups in total. The van der Waals surface area contributed by atoms with Gasteiger partial charge in [0.25, 0.3) is 11.8 Å². The SMILES string of the molecule is COc1ccc2oc(C(=O)NCCNC(=O)c3ccc(Cl)c(Cl)c3)c(C)c2c1. The van der Waals surface area contributed by atoms with E-state index in [0.29, 0.717) is 26.9 Å². The van der Waals surface area contributed by atoms with Gasteiger partial charge in [0, 0.05) is 29.6 Å². The summed E-state index contributed by atoms with van der Waals surface area (Å²) in [4.78, 5) is 24.5. The van der Waals surface area contributed by atoms with Crippen molar-refractivity contribution in [2.45, 2.75) is 6.92 Å². The molecule has 0 aliphatic rings. The molecule has 146 valence electrons. The lowest BCUT2D eigenvalue weighted by Gasteiger charge is -2.07. The number of aryl methyl sites for hydroxylation is 1. The summed E-state index contributed by atoms with van der Waals surface area (Å²) in [5, 5.41) is 6.94. The van der Waals surface area contributed by atoms with Crippen LogP contribution in [0.3, 0.4) is 0 Å². The molecule has 8 heteroatoms. The first kappa shape index (κ1) is 20.0. The maximum Gasteiger partial charge on any atom is 0.287 e. The summed E-state index contributed by atoms with van der Waals surface area (Å²) in [6, 6.07) is 9.97. The third kappa shape index (κ3) is 4.24. The lowest BCUT2D eigenvalue weighted by Crippen LogP contribution is -2.34. The maximum absolute atomic E-state index is 12.4. The van der Waals surface area contributed by atoms with Crippen molar-refractivity contribution in [1.29, 1.82) is 0 Å². The number of furan rings is 1. The average molecular weight is 421 g/mol. The van der Waals surface area contributed by atoms with E-state index in [9.17, 15) is 9.59 Å². The van der Waals surface area contributed by atoms with E-state index in [4.69, 9.17) is 32.4 Å². The highest BCUT2D eigenvalue weighted by Crippen LogP contribution is 2.28. The second-order valence-corrected chi connectivity index (χ2v) is 6.87. The third-order valence-electron chi connectivity index (χ3n) is 4.23. The van der Waals surface area contributed by atoms with E-state index < -0.39 is 0 Å². The Morgan fingerprint density at radius 1 is 1.00 bits per heavy atom. The Morgan fingerprint density at radius 3 is 2.39 bits per heavy atom. The molecule has 3 aromatic rings. The highest BCUT2D eigenvalue weighted by Gasteiger charge is 2.18. The number of halogens is 2. The molecule has 0 unspecified atom stereocenters. The van der Waals surface area contributed by atoms with E-state index in [1.54, 1.807) is 31.4 Å². The zero-order chi connectivity index (χ0) is 20.3. The van der Waals surface area contributed by atoms with Crippen LogP contribution in [0.5, 0.6) is 5.75 Å². The number of hydrogen-bond donors (Lipinski definition) is 2. The number of ether oxygens (including phenoxy) is 1. The van der Waals surface area contributed by atoms with Crippen molar-refractivity contribution in [3.63, 3.8) is 0 Å². The number of amides is 2. The Morgan fingerprint density at radius 2 is 1.71 bits per heavy atom. The van der Waals surface area contributed by atoms with E-state index in [0.717, 1.165) is 10.9 Å². The Hall–Kier alpha value is -2.70. The van der Waals surface area contributed by atoms with Crippen molar-refractivity contribution in [1.82, 2.24) is 10.6 Å². The fourth-order valence-electron chi connectivity index (χ4n) is 2.72. The Labute approximate surface area is 171 Å². The minimum Gasteiger partial charge on any atom is -0.497 e. The summed E-state index contributed by atoms with van der Waals surface area (Å²) in [7, 11) is 1.58. The molecule has 0 radical (unpaired) electrons. The first-order valence-electron chi connectivity index (χ1n) is 8.49. The number of rotatable bonds is 6. The number of carbonyl (C=O) groups excluding carboxylic acids is 2. The summed E-state index contributed by atoms with van der Waals surface area (Å²) in [6.45, 7) is 2.30. The molecule has 0 fully saturated rings. The molecule has 0 bridgehead atoms. The van der Waals surface area contributed by atoms with Crippen LogP contribution in [0.4, 0.5) is 0 Å². The van der Waals surface area contributed by atoms with Gasteiger partial charge in [0.2, 0.25) is 0 Å². The highest BCUT2D eigenvalue weighted by atomic mass is 35.5. The number of hydrogen-bond acceptors (Lipinski definition) is 4. The van der Waals surface area contributed by atoms with Crippen molar-refractivity contribution in [3.05, 3.63) is 63.3 Å². The standard InChI is InChI=1S/C20H18Cl2N2O4/c1-11-14-10-13(27-2)4-6-17(14)28-18(11)20(26)24-8-7-23-19(25)12-3-5-15(21)16(22)9-12/h3-6,9-10H,7-8H2,1-2H3,(H,23,25)(H,24,26). The molecular formula is C20H18Cl2N2O4. The molecule has 0 spiro atoms. The third-order valence-corrected chi connectivity index (χ3v) is 4.97. The van der Waals surface area contributed by atoms with E-state index in [1.807, 2.05) is 13.0 Å². The molecule has 0 aliphatic heterocycles. The van der Waals surface area contributed by atoms with Crippen LogP contribution < -0.4 is 15.4 Å². The van der Waals surface area contributed by atoms with Crippen molar-refractivity contribution >= 4 is 46.0 Å². The van der Waals surface area contributed by atoms with Crippen LogP contribution in [0.2, 0.25) is 10.0 Å². The lowest BCUT2D eigenvalue weighted by atomic mass is 10.1. The predicted molar refractivity (Wildman–Crippen MR) is 109 cm³/mol. The molecule has 0 saturated carbocycles. The van der Waals surface area contributed by atoms with Gasteiger partial charge in [-0.1, -0.05) is 23.2 Å². The van der Waals surface area contributed by atoms with Crippen molar-refractivity contribution in [2.24, 2.45) is 0 Å². The van der Waals surface area contributed by atoms with Crippen molar-refractivity contribution in [3.8, 4) is 5.75 Å². The Bertz CT molecular complexity index is 1050. The minimum atomic E-state index is -0.351. The minimum absolute atomic E-state index is 0.235. The predicted octanol–water partition coefficient (Wildman–Crippen LogP) is 4.22. The fourth-order valence-corrected chi connectivity index (χ4v) is 3.01. The Kier molecular flexibility index (Phi) is 6.11. The monoisotopic (exact) mass is 420 g/mol. The van der Waals surface area contributed by atoms with E-state index >= 15 is 0 Å². The van der Waals surface area contributed by atoms with Gasteiger partial charge >= 0.3 is 0 Å². The van der Waals surface area contributed by atoms with E-state index in [1.165, 1.54) is 6.07 Å². The molecule has 28 heavy (non-hydrogen) atoms. The second kappa shape index (κ2) is 8.54. The molecule has 0 atom stereocenters. The number of fused-ring (bicyclic) bond motifs is 1. The quantitative estimate of drug-likeness (QED) is 0.585. The van der Waals surface area contributed by atoms with Crippen molar-refractivity contribution < 1.29 is 18.7 Å². The average Bonchev–Trinajstić information content (AvgIpc) is 3.03. The van der Waals surface area contributed by atoms with Gasteiger partial charge in [-0.25, -0.2) is 0 Å². The largest absolute Gasteiger partial charge is 0.497 e. The normalized spacial score (nSPS) is 10.7. The molecular weight excluding hydrogens is 403 g/mol. The summed E-state index contributed by atoms with van der Waals surface area (Å²) >= 11 is 11.7. The van der Waals surface area contributed by atoms with Crippen LogP contribution in [-0.2, 0) is 0 Å². The number of methoxy groups -OCH3 is 1. The van der Waals surface area contributed by atoms with Gasteiger partial charge in [0.1, 0.15) is 11.3 Å². The Balaban J connectivity index is 1.57. The topological polar surface area (TPSA) is 80.6 Å². The van der Waals surface area contributed by atoms with Gasteiger partial charge in [-0.05, 0) is 43.3 Å². The van der Waals surface area contributed by atoms with Gasteiger partial charge in [-0.3, -0.25) is 9.59 Å². The molecule has 1 aromatic heterocycles. The fraction of sp³-hybridized carbons (Fsp3) is 0.200. The zero-order valence-electron chi connectivity index (χ0n) is 15.3. The van der Waals surface area contributed by atoms with Crippen LogP contribution >= 0.6 is 23.2 Å². The maximum atomic E-state index is 12.4. The molecule has 0 aliphatic carbocycles. The molecule has 2 amide bonds. The van der Waals surface area contributed by atoms with Crippen molar-refractivity contribution in [2.75, 3.05) is 20.2 Å².